The Morgan fingerprint density at radius 2 is 1.91 bits per heavy atom. The Balaban J connectivity index is 1.73. The fraction of sp³-hybridized carbons (Fsp3) is 0.400. The number of fused-ring (bicyclic) bond motifs is 1. The first-order valence-electron chi connectivity index (χ1n) is 11.0. The Labute approximate surface area is 194 Å². The van der Waals surface area contributed by atoms with Gasteiger partial charge in [-0.1, -0.05) is 26.8 Å². The second-order valence-corrected chi connectivity index (χ2v) is 9.69. The fourth-order valence-corrected chi connectivity index (χ4v) is 3.89. The molecule has 0 amide bonds. The molecule has 0 spiro atoms. The van der Waals surface area contributed by atoms with Crippen LogP contribution >= 0.6 is 0 Å². The van der Waals surface area contributed by atoms with Crippen molar-refractivity contribution >= 4 is 17.7 Å². The molecular weight excluding hydrogens is 416 g/mol. The van der Waals surface area contributed by atoms with Gasteiger partial charge in [-0.2, -0.15) is 0 Å². The average Bonchev–Trinajstić information content (AvgIpc) is 3.09. The van der Waals surface area contributed by atoms with Crippen LogP contribution in [-0.4, -0.2) is 29.8 Å². The van der Waals surface area contributed by atoms with Crippen molar-refractivity contribution in [3.63, 3.8) is 0 Å². The number of nitrogens with one attached hydrogen (secondary N) is 2. The number of pyridine rings is 1. The normalized spacial score (nSPS) is 17.5. The molecule has 2 aromatic heterocycles. The van der Waals surface area contributed by atoms with Crippen LogP contribution in [0.2, 0.25) is 0 Å². The van der Waals surface area contributed by atoms with Crippen LogP contribution in [0.5, 0.6) is 5.75 Å². The van der Waals surface area contributed by atoms with Crippen LogP contribution in [0.4, 0.5) is 11.5 Å². The van der Waals surface area contributed by atoms with E-state index in [1.54, 1.807) is 13.3 Å². The van der Waals surface area contributed by atoms with Crippen molar-refractivity contribution < 1.29 is 9.15 Å². The third kappa shape index (κ3) is 4.57. The van der Waals surface area contributed by atoms with E-state index in [1.165, 1.54) is 0 Å². The van der Waals surface area contributed by atoms with Crippen molar-refractivity contribution in [3.05, 3.63) is 52.7 Å². The molecule has 0 saturated carbocycles. The molecule has 4 N–H and O–H groups in total. The van der Waals surface area contributed by atoms with Gasteiger partial charge in [0.25, 0.3) is 0 Å². The van der Waals surface area contributed by atoms with Crippen LogP contribution in [0.15, 0.2) is 33.7 Å². The number of rotatable bonds is 5. The van der Waals surface area contributed by atoms with Crippen molar-refractivity contribution in [3.8, 4) is 17.0 Å². The number of aryl methyl sites for hydroxylation is 3. The van der Waals surface area contributed by atoms with Gasteiger partial charge in [-0.15, -0.1) is 0 Å². The highest BCUT2D eigenvalue weighted by molar-refractivity contribution is 5.94. The van der Waals surface area contributed by atoms with E-state index in [1.807, 2.05) is 45.0 Å². The number of oxazole rings is 1. The number of nitrogens with zero attached hydrogens (tertiary/aromatic N) is 3. The highest BCUT2D eigenvalue weighted by Gasteiger charge is 2.34. The van der Waals surface area contributed by atoms with E-state index in [4.69, 9.17) is 19.9 Å². The molecule has 8 heteroatoms. The minimum Gasteiger partial charge on any atom is -0.496 e. The molecule has 3 heterocycles. The lowest BCUT2D eigenvalue weighted by molar-refractivity contribution is 0.393. The fourth-order valence-electron chi connectivity index (χ4n) is 3.89. The maximum atomic E-state index is 6.80. The quantitative estimate of drug-likeness (QED) is 0.517. The molecule has 33 heavy (non-hydrogen) atoms. The standard InChI is InChI=1S/C25H32N6O2/c1-14-10-18-12-28-25(26,31-22(18)23(29-14)27-13-24(4,5)6)19-9-8-17(11-20(19)32-7)21-15(2)33-16(3)30-21/h8-12,31H,13,26H2,1-7H3,(H,27,29). The lowest BCUT2D eigenvalue weighted by Crippen LogP contribution is -2.45. The average molecular weight is 449 g/mol. The summed E-state index contributed by atoms with van der Waals surface area (Å²) in [6.45, 7) is 13.0. The van der Waals surface area contributed by atoms with Gasteiger partial charge >= 0.3 is 0 Å². The second-order valence-electron chi connectivity index (χ2n) is 9.69. The molecule has 8 nitrogen and oxygen atoms in total. The van der Waals surface area contributed by atoms with Crippen LogP contribution in [0.3, 0.4) is 0 Å². The number of methoxy groups -OCH3 is 1. The number of anilines is 2. The number of nitrogens with two attached hydrogens (primary N) is 1. The van der Waals surface area contributed by atoms with E-state index in [0.29, 0.717) is 17.2 Å². The van der Waals surface area contributed by atoms with Crippen molar-refractivity contribution in [1.82, 2.24) is 9.97 Å². The lowest BCUT2D eigenvalue weighted by atomic mass is 9.97. The number of hydrogen-bond donors (Lipinski definition) is 3. The highest BCUT2D eigenvalue weighted by atomic mass is 16.5. The molecule has 3 aromatic rings. The van der Waals surface area contributed by atoms with Crippen LogP contribution in [-0.2, 0) is 5.79 Å². The SMILES string of the molecule is COc1cc(-c2nc(C)oc2C)ccc1C1(N)N=Cc2cc(C)nc(NCC(C)(C)C)c2N1. The first-order valence-corrected chi connectivity index (χ1v) is 11.0. The van der Waals surface area contributed by atoms with E-state index < -0.39 is 5.79 Å². The van der Waals surface area contributed by atoms with Gasteiger partial charge in [-0.05, 0) is 37.5 Å². The summed E-state index contributed by atoms with van der Waals surface area (Å²) < 4.78 is 11.3. The van der Waals surface area contributed by atoms with Gasteiger partial charge in [0.05, 0.1) is 18.4 Å². The third-order valence-corrected chi connectivity index (χ3v) is 5.48. The van der Waals surface area contributed by atoms with Crippen molar-refractivity contribution in [1.29, 1.82) is 0 Å². The zero-order valence-electron chi connectivity index (χ0n) is 20.3. The first-order chi connectivity index (χ1) is 15.5. The minimum absolute atomic E-state index is 0.0948. The van der Waals surface area contributed by atoms with Crippen molar-refractivity contribution in [2.24, 2.45) is 16.1 Å². The minimum atomic E-state index is -1.22. The molecule has 1 aliphatic rings. The van der Waals surface area contributed by atoms with Gasteiger partial charge in [0, 0.05) is 36.5 Å². The maximum Gasteiger partial charge on any atom is 0.212 e. The van der Waals surface area contributed by atoms with Crippen LogP contribution in [0, 0.1) is 26.2 Å². The first kappa shape index (κ1) is 22.8. The molecule has 1 unspecified atom stereocenters. The smallest absolute Gasteiger partial charge is 0.212 e. The molecule has 0 saturated heterocycles. The van der Waals surface area contributed by atoms with Crippen LogP contribution < -0.4 is 21.1 Å². The Hall–Kier alpha value is -3.39. The van der Waals surface area contributed by atoms with Gasteiger partial charge in [-0.25, -0.2) is 15.0 Å². The third-order valence-electron chi connectivity index (χ3n) is 5.48. The molecule has 0 fully saturated rings. The van der Waals surface area contributed by atoms with E-state index in [9.17, 15) is 0 Å². The summed E-state index contributed by atoms with van der Waals surface area (Å²) in [5.41, 5.74) is 11.9. The van der Waals surface area contributed by atoms with Crippen molar-refractivity contribution in [2.75, 3.05) is 24.3 Å². The number of aromatic nitrogens is 2. The maximum absolute atomic E-state index is 6.80. The van der Waals surface area contributed by atoms with E-state index in [2.05, 4.69) is 41.4 Å². The number of ether oxygens (including phenoxy) is 1. The number of hydrogen-bond acceptors (Lipinski definition) is 8. The molecule has 0 bridgehead atoms. The van der Waals surface area contributed by atoms with Gasteiger partial charge < -0.3 is 19.8 Å². The zero-order valence-corrected chi connectivity index (χ0v) is 20.3. The van der Waals surface area contributed by atoms with Gasteiger partial charge in [0.2, 0.25) is 5.79 Å². The largest absolute Gasteiger partial charge is 0.496 e. The molecule has 174 valence electrons. The Bertz CT molecular complexity index is 1220. The summed E-state index contributed by atoms with van der Waals surface area (Å²) in [6.07, 6.45) is 1.79. The van der Waals surface area contributed by atoms with E-state index >= 15 is 0 Å². The molecular formula is C25H32N6O2. The molecule has 4 rings (SSSR count). The molecule has 0 radical (unpaired) electrons. The summed E-state index contributed by atoms with van der Waals surface area (Å²) in [4.78, 5) is 13.9. The summed E-state index contributed by atoms with van der Waals surface area (Å²) in [5.74, 6) is 1.51. The predicted molar refractivity (Wildman–Crippen MR) is 132 cm³/mol. The summed E-state index contributed by atoms with van der Waals surface area (Å²) in [5, 5.41) is 6.88. The molecule has 1 aromatic carbocycles. The molecule has 1 atom stereocenters. The van der Waals surface area contributed by atoms with Crippen LogP contribution in [0.1, 0.15) is 49.2 Å². The van der Waals surface area contributed by atoms with E-state index in [0.717, 1.165) is 46.3 Å². The van der Waals surface area contributed by atoms with Gasteiger partial charge in [-0.3, -0.25) is 5.73 Å². The summed E-state index contributed by atoms with van der Waals surface area (Å²) >= 11 is 0. The second kappa shape index (κ2) is 8.19. The summed E-state index contributed by atoms with van der Waals surface area (Å²) in [7, 11) is 1.62. The number of benzene rings is 1. The van der Waals surface area contributed by atoms with Crippen molar-refractivity contribution in [2.45, 2.75) is 47.3 Å². The Kier molecular flexibility index (Phi) is 5.66. The van der Waals surface area contributed by atoms with E-state index in [-0.39, 0.29) is 5.41 Å². The van der Waals surface area contributed by atoms with Gasteiger partial charge in [0.15, 0.2) is 11.7 Å². The number of aliphatic imine (C=N–C) groups is 1. The monoisotopic (exact) mass is 448 g/mol. The Morgan fingerprint density at radius 3 is 2.55 bits per heavy atom. The topological polar surface area (TPSA) is 111 Å². The summed E-state index contributed by atoms with van der Waals surface area (Å²) in [6, 6.07) is 7.77. The zero-order chi connectivity index (χ0) is 24.0. The molecule has 0 aliphatic carbocycles. The highest BCUT2D eigenvalue weighted by Crippen LogP contribution is 2.39. The Morgan fingerprint density at radius 1 is 1.15 bits per heavy atom. The van der Waals surface area contributed by atoms with Gasteiger partial charge in [0.1, 0.15) is 17.2 Å². The predicted octanol–water partition coefficient (Wildman–Crippen LogP) is 4.74. The molecule has 1 aliphatic heterocycles. The van der Waals surface area contributed by atoms with Crippen LogP contribution in [0.25, 0.3) is 11.3 Å². The lowest BCUT2D eigenvalue weighted by Gasteiger charge is -2.34.